The van der Waals surface area contributed by atoms with Crippen LogP contribution in [0.3, 0.4) is 0 Å². The van der Waals surface area contributed by atoms with Gasteiger partial charge in [0.1, 0.15) is 6.61 Å². The standard InChI is InChI=1S/C34H40O4/c1-5-34(6-2,30-12-11-28(25(3)21-30)15-16-33(36)17-19-37-20-18-33)31-13-14-32(26(4)22-31)29-9-7-27(8-10-29)23-38-24-35/h7-16,21-22,24,36H,5-6,17-20,23H2,1-4H3. The van der Waals surface area contributed by atoms with Crippen molar-refractivity contribution in [2.45, 2.75) is 71.0 Å². The Labute approximate surface area is 227 Å². The van der Waals surface area contributed by atoms with Crippen molar-refractivity contribution in [3.8, 4) is 11.1 Å². The molecule has 0 saturated carbocycles. The third-order valence-corrected chi connectivity index (χ3v) is 8.32. The summed E-state index contributed by atoms with van der Waals surface area (Å²) in [6.07, 6.45) is 7.31. The number of carbonyl (C=O) groups excluding carboxylic acids is 1. The molecular weight excluding hydrogens is 472 g/mol. The zero-order chi connectivity index (χ0) is 27.2. The monoisotopic (exact) mass is 512 g/mol. The molecule has 0 atom stereocenters. The van der Waals surface area contributed by atoms with Crippen molar-refractivity contribution >= 4 is 12.5 Å². The minimum atomic E-state index is -0.775. The Balaban J connectivity index is 1.61. The lowest BCUT2D eigenvalue weighted by Crippen LogP contribution is -2.33. The average molecular weight is 513 g/mol. The lowest BCUT2D eigenvalue weighted by atomic mass is 9.69. The van der Waals surface area contributed by atoms with Crippen LogP contribution in [-0.4, -0.2) is 30.4 Å². The molecule has 1 saturated heterocycles. The molecule has 1 N–H and O–H groups in total. The first-order chi connectivity index (χ1) is 18.3. The second-order valence-electron chi connectivity index (χ2n) is 10.5. The van der Waals surface area contributed by atoms with Gasteiger partial charge in [-0.1, -0.05) is 86.7 Å². The summed E-state index contributed by atoms with van der Waals surface area (Å²) in [4.78, 5) is 10.5. The van der Waals surface area contributed by atoms with Gasteiger partial charge < -0.3 is 14.6 Å². The van der Waals surface area contributed by atoms with Crippen LogP contribution in [-0.2, 0) is 26.3 Å². The Kier molecular flexibility index (Phi) is 8.86. The topological polar surface area (TPSA) is 55.8 Å². The van der Waals surface area contributed by atoms with Gasteiger partial charge >= 0.3 is 0 Å². The number of hydrogen-bond acceptors (Lipinski definition) is 4. The number of benzene rings is 3. The molecule has 0 unspecified atom stereocenters. The number of ether oxygens (including phenoxy) is 2. The molecule has 1 fully saturated rings. The van der Waals surface area contributed by atoms with E-state index >= 15 is 0 Å². The molecule has 38 heavy (non-hydrogen) atoms. The minimum Gasteiger partial charge on any atom is -0.463 e. The summed E-state index contributed by atoms with van der Waals surface area (Å²) in [5, 5.41) is 10.8. The maximum Gasteiger partial charge on any atom is 0.293 e. The summed E-state index contributed by atoms with van der Waals surface area (Å²) in [6, 6.07) is 21.8. The number of aryl methyl sites for hydroxylation is 2. The van der Waals surface area contributed by atoms with Crippen molar-refractivity contribution < 1.29 is 19.4 Å². The predicted octanol–water partition coefficient (Wildman–Crippen LogP) is 7.30. The van der Waals surface area contributed by atoms with Crippen molar-refractivity contribution in [2.75, 3.05) is 13.2 Å². The maximum atomic E-state index is 10.8. The zero-order valence-electron chi connectivity index (χ0n) is 23.1. The average Bonchev–Trinajstić information content (AvgIpc) is 2.93. The highest BCUT2D eigenvalue weighted by molar-refractivity contribution is 5.68. The molecule has 1 aliphatic rings. The molecule has 200 valence electrons. The largest absolute Gasteiger partial charge is 0.463 e. The van der Waals surface area contributed by atoms with Crippen molar-refractivity contribution in [3.63, 3.8) is 0 Å². The lowest BCUT2D eigenvalue weighted by Gasteiger charge is -2.34. The molecule has 0 bridgehead atoms. The molecular formula is C34H40O4. The van der Waals surface area contributed by atoms with Gasteiger partial charge in [-0.15, -0.1) is 0 Å². The van der Waals surface area contributed by atoms with Crippen LogP contribution in [0.5, 0.6) is 0 Å². The van der Waals surface area contributed by atoms with Crippen LogP contribution in [0.15, 0.2) is 66.7 Å². The van der Waals surface area contributed by atoms with Crippen LogP contribution in [0.4, 0.5) is 0 Å². The highest BCUT2D eigenvalue weighted by atomic mass is 16.5. The summed E-state index contributed by atoms with van der Waals surface area (Å²) >= 11 is 0. The van der Waals surface area contributed by atoms with Crippen molar-refractivity contribution in [1.29, 1.82) is 0 Å². The predicted molar refractivity (Wildman–Crippen MR) is 154 cm³/mol. The van der Waals surface area contributed by atoms with Crippen LogP contribution in [0.2, 0.25) is 0 Å². The maximum absolute atomic E-state index is 10.8. The van der Waals surface area contributed by atoms with E-state index in [-0.39, 0.29) is 5.41 Å². The molecule has 4 rings (SSSR count). The smallest absolute Gasteiger partial charge is 0.293 e. The summed E-state index contributed by atoms with van der Waals surface area (Å²) in [5.74, 6) is 0. The molecule has 0 aliphatic carbocycles. The number of aliphatic hydroxyl groups is 1. The molecule has 1 aliphatic heterocycles. The molecule has 0 radical (unpaired) electrons. The fraction of sp³-hybridized carbons (Fsp3) is 0.382. The molecule has 3 aromatic rings. The first kappa shape index (κ1) is 27.8. The molecule has 0 aromatic heterocycles. The molecule has 3 aromatic carbocycles. The first-order valence-electron chi connectivity index (χ1n) is 13.7. The summed E-state index contributed by atoms with van der Waals surface area (Å²) in [5.41, 5.74) is 8.74. The van der Waals surface area contributed by atoms with E-state index < -0.39 is 5.60 Å². The van der Waals surface area contributed by atoms with Crippen LogP contribution in [0.1, 0.15) is 72.9 Å². The van der Waals surface area contributed by atoms with E-state index in [1.54, 1.807) is 0 Å². The molecule has 0 amide bonds. The van der Waals surface area contributed by atoms with E-state index in [0.29, 0.717) is 39.1 Å². The third-order valence-electron chi connectivity index (χ3n) is 8.32. The Morgan fingerprint density at radius 3 is 2.13 bits per heavy atom. The van der Waals surface area contributed by atoms with E-state index in [9.17, 15) is 9.90 Å². The Morgan fingerprint density at radius 1 is 0.921 bits per heavy atom. The highest BCUT2D eigenvalue weighted by Gasteiger charge is 2.31. The SMILES string of the molecule is CCC(CC)(c1ccc(C=CC2(O)CCOCC2)c(C)c1)c1ccc(-c2ccc(COC=O)cc2)c(C)c1. The van der Waals surface area contributed by atoms with E-state index in [2.05, 4.69) is 82.3 Å². The van der Waals surface area contributed by atoms with E-state index in [4.69, 9.17) is 9.47 Å². The van der Waals surface area contributed by atoms with E-state index in [1.165, 1.54) is 27.8 Å². The molecule has 4 heteroatoms. The summed E-state index contributed by atoms with van der Waals surface area (Å²) in [6.45, 7) is 10.9. The Morgan fingerprint density at radius 2 is 1.55 bits per heavy atom. The van der Waals surface area contributed by atoms with Crippen LogP contribution in [0.25, 0.3) is 17.2 Å². The molecule has 4 nitrogen and oxygen atoms in total. The van der Waals surface area contributed by atoms with Gasteiger partial charge in [0.05, 0.1) is 5.60 Å². The quantitative estimate of drug-likeness (QED) is 0.290. The van der Waals surface area contributed by atoms with Gasteiger partial charge in [-0.05, 0) is 71.2 Å². The van der Waals surface area contributed by atoms with Gasteiger partial charge in [0.15, 0.2) is 0 Å². The van der Waals surface area contributed by atoms with Gasteiger partial charge in [0.2, 0.25) is 0 Å². The first-order valence-corrected chi connectivity index (χ1v) is 13.7. The Bertz CT molecular complexity index is 1260. The fourth-order valence-corrected chi connectivity index (χ4v) is 5.73. The normalized spacial score (nSPS) is 15.5. The minimum absolute atomic E-state index is 0.0781. The van der Waals surface area contributed by atoms with Gasteiger partial charge in [-0.2, -0.15) is 0 Å². The second-order valence-corrected chi connectivity index (χ2v) is 10.5. The molecule has 1 heterocycles. The van der Waals surface area contributed by atoms with Crippen LogP contribution >= 0.6 is 0 Å². The second kappa shape index (κ2) is 12.1. The molecule has 0 spiro atoms. The highest BCUT2D eigenvalue weighted by Crippen LogP contribution is 2.41. The van der Waals surface area contributed by atoms with Gasteiger partial charge in [0, 0.05) is 31.5 Å². The fourth-order valence-electron chi connectivity index (χ4n) is 5.73. The number of carbonyl (C=O) groups is 1. The van der Waals surface area contributed by atoms with Crippen molar-refractivity contribution in [2.24, 2.45) is 0 Å². The number of rotatable bonds is 10. The van der Waals surface area contributed by atoms with Crippen molar-refractivity contribution in [1.82, 2.24) is 0 Å². The van der Waals surface area contributed by atoms with E-state index in [0.717, 1.165) is 29.5 Å². The Hall–Kier alpha value is -3.21. The summed E-state index contributed by atoms with van der Waals surface area (Å²) < 4.78 is 10.3. The lowest BCUT2D eigenvalue weighted by molar-refractivity contribution is -0.129. The van der Waals surface area contributed by atoms with E-state index in [1.807, 2.05) is 18.2 Å². The van der Waals surface area contributed by atoms with Gasteiger partial charge in [-0.3, -0.25) is 4.79 Å². The zero-order valence-corrected chi connectivity index (χ0v) is 23.1. The van der Waals surface area contributed by atoms with Crippen LogP contribution in [0, 0.1) is 13.8 Å². The van der Waals surface area contributed by atoms with Gasteiger partial charge in [-0.25, -0.2) is 0 Å². The van der Waals surface area contributed by atoms with Crippen LogP contribution < -0.4 is 0 Å². The van der Waals surface area contributed by atoms with Crippen molar-refractivity contribution in [3.05, 3.63) is 100 Å². The summed E-state index contributed by atoms with van der Waals surface area (Å²) in [7, 11) is 0. The van der Waals surface area contributed by atoms with Gasteiger partial charge in [0.25, 0.3) is 6.47 Å². The number of hydrogen-bond donors (Lipinski definition) is 1. The third kappa shape index (κ3) is 5.92.